The van der Waals surface area contributed by atoms with Crippen molar-refractivity contribution in [3.8, 4) is 11.9 Å². The molecule has 0 spiro atoms. The highest BCUT2D eigenvalue weighted by atomic mass is 32.2. The van der Waals surface area contributed by atoms with Gasteiger partial charge in [-0.1, -0.05) is 0 Å². The van der Waals surface area contributed by atoms with Crippen LogP contribution in [0.1, 0.15) is 28.8 Å². The van der Waals surface area contributed by atoms with Gasteiger partial charge in [0.15, 0.2) is 5.11 Å². The van der Waals surface area contributed by atoms with Gasteiger partial charge in [-0.15, -0.1) is 15.7 Å². The smallest absolute Gasteiger partial charge is 0.271 e. The molecule has 0 fully saturated rings. The maximum absolute atomic E-state index is 12.6. The number of thiocarbonyl (C=S) groups is 1. The summed E-state index contributed by atoms with van der Waals surface area (Å²) in [5.74, 6) is 0.150. The van der Waals surface area contributed by atoms with Crippen LogP contribution in [-0.4, -0.2) is 29.4 Å². The monoisotopic (exact) mass is 506 g/mol. The molecule has 0 radical (unpaired) electrons. The average Bonchev–Trinajstić information content (AvgIpc) is 3.36. The first-order valence-corrected chi connectivity index (χ1v) is 13.0. The first kappa shape index (κ1) is 22.4. The molecule has 3 N–H and O–H groups in total. The maximum atomic E-state index is 12.6. The molecule has 2 aromatic heterocycles. The molecule has 2 heterocycles. The standard InChI is InChI=1S/C19H18N6O3S4/c1-28-17-16(23-31-24-17)25-32(26,27)12-8-6-11(7-9-12)21-19(29)22-18-14(10-20)13-4-2-3-5-15(13)30-18/h6-9H,2-5H2,1H3,(H,23,25)(H2,21,22,29). The van der Waals surface area contributed by atoms with E-state index in [1.165, 1.54) is 24.1 Å². The van der Waals surface area contributed by atoms with Gasteiger partial charge in [0.2, 0.25) is 5.82 Å². The van der Waals surface area contributed by atoms with Gasteiger partial charge in [-0.3, -0.25) is 4.72 Å². The van der Waals surface area contributed by atoms with Crippen LogP contribution >= 0.6 is 35.3 Å². The van der Waals surface area contributed by atoms with Crippen molar-refractivity contribution >= 4 is 66.9 Å². The number of anilines is 3. The Morgan fingerprint density at radius 2 is 1.94 bits per heavy atom. The molecule has 166 valence electrons. The third kappa shape index (κ3) is 4.68. The zero-order valence-electron chi connectivity index (χ0n) is 16.8. The van der Waals surface area contributed by atoms with E-state index in [0.717, 1.165) is 48.0 Å². The second-order valence-corrected chi connectivity index (χ2v) is 10.6. The van der Waals surface area contributed by atoms with Crippen molar-refractivity contribution in [2.45, 2.75) is 30.6 Å². The Bertz CT molecular complexity index is 1290. The molecule has 0 unspecified atom stereocenters. The van der Waals surface area contributed by atoms with Crippen LogP contribution in [0.25, 0.3) is 0 Å². The molecule has 1 aliphatic carbocycles. The van der Waals surface area contributed by atoms with E-state index in [1.807, 2.05) is 0 Å². The van der Waals surface area contributed by atoms with Crippen LogP contribution < -0.4 is 20.1 Å². The van der Waals surface area contributed by atoms with E-state index in [1.54, 1.807) is 23.5 Å². The number of rotatable bonds is 6. The van der Waals surface area contributed by atoms with Crippen LogP contribution in [0.2, 0.25) is 0 Å². The minimum Gasteiger partial charge on any atom is -0.478 e. The number of thiophene rings is 1. The van der Waals surface area contributed by atoms with Crippen molar-refractivity contribution in [2.24, 2.45) is 0 Å². The Morgan fingerprint density at radius 1 is 1.19 bits per heavy atom. The molecule has 1 aliphatic rings. The number of nitrogens with one attached hydrogen (secondary N) is 3. The predicted octanol–water partition coefficient (Wildman–Crippen LogP) is 3.97. The van der Waals surface area contributed by atoms with Crippen molar-refractivity contribution in [1.29, 1.82) is 5.26 Å². The SMILES string of the molecule is COc1nsnc1NS(=O)(=O)c1ccc(NC(=S)Nc2sc3c(c2C#N)CCCC3)cc1. The first-order chi connectivity index (χ1) is 15.4. The van der Waals surface area contributed by atoms with Gasteiger partial charge in [0, 0.05) is 10.6 Å². The van der Waals surface area contributed by atoms with Gasteiger partial charge in [0.1, 0.15) is 11.1 Å². The van der Waals surface area contributed by atoms with E-state index in [0.29, 0.717) is 16.4 Å². The first-order valence-electron chi connectivity index (χ1n) is 9.53. The fraction of sp³-hybridized carbons (Fsp3) is 0.263. The minimum atomic E-state index is -3.86. The Labute approximate surface area is 198 Å². The van der Waals surface area contributed by atoms with Crippen LogP contribution in [0.4, 0.5) is 16.5 Å². The molecule has 0 aliphatic heterocycles. The van der Waals surface area contributed by atoms with Crippen molar-refractivity contribution in [1.82, 2.24) is 8.75 Å². The summed E-state index contributed by atoms with van der Waals surface area (Å²) in [7, 11) is -2.47. The van der Waals surface area contributed by atoms with Crippen molar-refractivity contribution in [3.63, 3.8) is 0 Å². The summed E-state index contributed by atoms with van der Waals surface area (Å²) in [6.45, 7) is 0. The molecule has 0 bridgehead atoms. The molecular weight excluding hydrogens is 489 g/mol. The Morgan fingerprint density at radius 3 is 2.66 bits per heavy atom. The quantitative estimate of drug-likeness (QED) is 0.425. The van der Waals surface area contributed by atoms with Crippen LogP contribution in [0.15, 0.2) is 29.2 Å². The number of nitriles is 1. The second-order valence-electron chi connectivity index (χ2n) is 6.86. The van der Waals surface area contributed by atoms with Crippen LogP contribution in [0.5, 0.6) is 5.88 Å². The van der Waals surface area contributed by atoms with Crippen molar-refractivity contribution in [3.05, 3.63) is 40.3 Å². The van der Waals surface area contributed by atoms with E-state index in [-0.39, 0.29) is 16.6 Å². The van der Waals surface area contributed by atoms with E-state index in [9.17, 15) is 13.7 Å². The number of aromatic nitrogens is 2. The number of aryl methyl sites for hydroxylation is 1. The lowest BCUT2D eigenvalue weighted by Crippen LogP contribution is -2.19. The molecular formula is C19H18N6O3S4. The molecule has 32 heavy (non-hydrogen) atoms. The number of nitrogens with zero attached hydrogens (tertiary/aromatic N) is 3. The average molecular weight is 507 g/mol. The van der Waals surface area contributed by atoms with Gasteiger partial charge in [0.25, 0.3) is 15.9 Å². The number of hydrogen-bond acceptors (Lipinski definition) is 9. The Kier molecular flexibility index (Phi) is 6.56. The normalized spacial score (nSPS) is 13.0. The highest BCUT2D eigenvalue weighted by Crippen LogP contribution is 2.37. The molecule has 0 atom stereocenters. The minimum absolute atomic E-state index is 0.0389. The van der Waals surface area contributed by atoms with Gasteiger partial charge in [-0.05, 0) is 67.7 Å². The molecule has 0 saturated heterocycles. The van der Waals surface area contributed by atoms with Gasteiger partial charge < -0.3 is 15.4 Å². The zero-order valence-corrected chi connectivity index (χ0v) is 20.1. The van der Waals surface area contributed by atoms with Gasteiger partial charge in [-0.2, -0.15) is 9.64 Å². The molecule has 1 aromatic carbocycles. The molecule has 4 rings (SSSR count). The van der Waals surface area contributed by atoms with E-state index in [4.69, 9.17) is 17.0 Å². The van der Waals surface area contributed by atoms with E-state index >= 15 is 0 Å². The largest absolute Gasteiger partial charge is 0.478 e. The topological polar surface area (TPSA) is 129 Å². The Hall–Kier alpha value is -2.79. The van der Waals surface area contributed by atoms with Gasteiger partial charge in [-0.25, -0.2) is 8.42 Å². The van der Waals surface area contributed by atoms with Crippen molar-refractivity contribution in [2.75, 3.05) is 22.5 Å². The lowest BCUT2D eigenvalue weighted by atomic mass is 9.96. The van der Waals surface area contributed by atoms with Crippen LogP contribution in [-0.2, 0) is 22.9 Å². The lowest BCUT2D eigenvalue weighted by molar-refractivity contribution is 0.404. The number of fused-ring (bicyclic) bond motifs is 1. The zero-order chi connectivity index (χ0) is 22.7. The molecule has 9 nitrogen and oxygen atoms in total. The third-order valence-electron chi connectivity index (χ3n) is 4.82. The predicted molar refractivity (Wildman–Crippen MR) is 129 cm³/mol. The second kappa shape index (κ2) is 9.37. The maximum Gasteiger partial charge on any atom is 0.271 e. The summed E-state index contributed by atoms with van der Waals surface area (Å²) in [4.78, 5) is 1.29. The molecule has 0 amide bonds. The van der Waals surface area contributed by atoms with Gasteiger partial charge >= 0.3 is 0 Å². The highest BCUT2D eigenvalue weighted by Gasteiger charge is 2.22. The van der Waals surface area contributed by atoms with Gasteiger partial charge in [0.05, 0.1) is 29.3 Å². The van der Waals surface area contributed by atoms with E-state index in [2.05, 4.69) is 30.2 Å². The number of sulfonamides is 1. The number of methoxy groups -OCH3 is 1. The van der Waals surface area contributed by atoms with Crippen molar-refractivity contribution < 1.29 is 13.2 Å². The number of benzene rings is 1. The summed E-state index contributed by atoms with van der Waals surface area (Å²) in [6.07, 6.45) is 4.14. The number of ether oxygens (including phenoxy) is 1. The third-order valence-corrected chi connectivity index (χ3v) is 8.09. The fourth-order valence-electron chi connectivity index (χ4n) is 3.32. The fourth-order valence-corrected chi connectivity index (χ4v) is 6.39. The van der Waals surface area contributed by atoms with Crippen LogP contribution in [0, 0.1) is 11.3 Å². The number of hydrogen-bond donors (Lipinski definition) is 3. The summed E-state index contributed by atoms with van der Waals surface area (Å²) in [5, 5.41) is 16.8. The summed E-state index contributed by atoms with van der Waals surface area (Å²) < 4.78 is 40.3. The summed E-state index contributed by atoms with van der Waals surface area (Å²) >= 11 is 7.81. The lowest BCUT2D eigenvalue weighted by Gasteiger charge is -2.11. The van der Waals surface area contributed by atoms with Crippen LogP contribution in [0.3, 0.4) is 0 Å². The molecule has 0 saturated carbocycles. The molecule has 3 aromatic rings. The molecule has 13 heteroatoms. The Balaban J connectivity index is 1.43. The highest BCUT2D eigenvalue weighted by molar-refractivity contribution is 7.92. The summed E-state index contributed by atoms with van der Waals surface area (Å²) in [5.41, 5.74) is 2.39. The summed E-state index contributed by atoms with van der Waals surface area (Å²) in [6, 6.07) is 8.39. The van der Waals surface area contributed by atoms with E-state index < -0.39 is 10.0 Å².